The van der Waals surface area contributed by atoms with Crippen molar-refractivity contribution < 1.29 is 9.53 Å². The molecule has 0 unspecified atom stereocenters. The molecule has 0 heterocycles. The van der Waals surface area contributed by atoms with E-state index in [1.54, 1.807) is 6.08 Å². The molecule has 2 nitrogen and oxygen atoms in total. The number of hydrogen-bond acceptors (Lipinski definition) is 2. The molecule has 2 aromatic carbocycles. The highest BCUT2D eigenvalue weighted by Gasteiger charge is 1.98. The summed E-state index contributed by atoms with van der Waals surface area (Å²) in [5.74, 6) is -0.351. The highest BCUT2D eigenvalue weighted by Crippen LogP contribution is 2.11. The largest absolute Gasteiger partial charge is 0.458 e. The van der Waals surface area contributed by atoms with Gasteiger partial charge in [0.2, 0.25) is 0 Å². The predicted molar refractivity (Wildman–Crippen MR) is 88.6 cm³/mol. The van der Waals surface area contributed by atoms with Crippen molar-refractivity contribution in [2.45, 2.75) is 6.61 Å². The summed E-state index contributed by atoms with van der Waals surface area (Å²) in [6, 6.07) is 17.6. The Bertz CT molecular complexity index is 628. The monoisotopic (exact) mass is 342 g/mol. The lowest BCUT2D eigenvalue weighted by atomic mass is 10.2. The average Bonchev–Trinajstić information content (AvgIpc) is 2.52. The average molecular weight is 343 g/mol. The normalized spacial score (nSPS) is 11.1. The van der Waals surface area contributed by atoms with Crippen LogP contribution in [-0.4, -0.2) is 5.97 Å². The lowest BCUT2D eigenvalue weighted by molar-refractivity contribution is -0.139. The zero-order valence-electron chi connectivity index (χ0n) is 11.4. The van der Waals surface area contributed by atoms with Crippen molar-refractivity contribution >= 4 is 28.0 Å². The highest BCUT2D eigenvalue weighted by atomic mass is 79.9. The van der Waals surface area contributed by atoms with Crippen LogP contribution in [0.4, 0.5) is 0 Å². The van der Waals surface area contributed by atoms with Crippen molar-refractivity contribution in [3.05, 3.63) is 88.4 Å². The molecule has 3 heteroatoms. The fraction of sp³-hybridized carbons (Fsp3) is 0.0556. The quantitative estimate of drug-likeness (QED) is 0.444. The van der Waals surface area contributed by atoms with Crippen LogP contribution >= 0.6 is 15.9 Å². The van der Waals surface area contributed by atoms with Crippen LogP contribution in [0.2, 0.25) is 0 Å². The molecule has 0 radical (unpaired) electrons. The third-order valence-corrected chi connectivity index (χ3v) is 3.25. The molecule has 0 bridgehead atoms. The smallest absolute Gasteiger partial charge is 0.331 e. The van der Waals surface area contributed by atoms with E-state index in [0.717, 1.165) is 15.6 Å². The molecule has 0 aliphatic rings. The van der Waals surface area contributed by atoms with Crippen molar-refractivity contribution in [1.29, 1.82) is 0 Å². The van der Waals surface area contributed by atoms with Gasteiger partial charge in [-0.3, -0.25) is 0 Å². The fourth-order valence-corrected chi connectivity index (χ4v) is 1.91. The number of rotatable bonds is 5. The van der Waals surface area contributed by atoms with Gasteiger partial charge in [-0.05, 0) is 23.3 Å². The Balaban J connectivity index is 1.77. The molecule has 0 atom stereocenters. The number of ether oxygens (including phenoxy) is 1. The van der Waals surface area contributed by atoms with Gasteiger partial charge in [0.25, 0.3) is 0 Å². The zero-order valence-corrected chi connectivity index (χ0v) is 13.0. The number of benzene rings is 2. The molecule has 0 aromatic heterocycles. The Morgan fingerprint density at radius 2 is 1.71 bits per heavy atom. The molecule has 0 amide bonds. The van der Waals surface area contributed by atoms with Crippen LogP contribution in [0, 0.1) is 0 Å². The number of allylic oxidation sites excluding steroid dienone is 2. The van der Waals surface area contributed by atoms with E-state index in [0.29, 0.717) is 0 Å². The van der Waals surface area contributed by atoms with Crippen LogP contribution in [0.5, 0.6) is 0 Å². The Hall–Kier alpha value is -2.13. The number of carbonyl (C=O) groups is 1. The van der Waals surface area contributed by atoms with Crippen LogP contribution in [0.1, 0.15) is 11.1 Å². The molecule has 0 saturated heterocycles. The van der Waals surface area contributed by atoms with Gasteiger partial charge in [0, 0.05) is 10.5 Å². The van der Waals surface area contributed by atoms with Crippen LogP contribution in [-0.2, 0) is 16.1 Å². The Kier molecular flexibility index (Phi) is 5.98. The molecule has 2 rings (SSSR count). The standard InChI is InChI=1S/C18H15BrO2/c19-17-12-10-16(11-13-17)14-21-18(20)9-5-4-8-15-6-2-1-3-7-15/h1-13H,14H2/b8-4+,9-5+. The van der Waals surface area contributed by atoms with Crippen LogP contribution in [0.3, 0.4) is 0 Å². The van der Waals surface area contributed by atoms with Gasteiger partial charge in [0.15, 0.2) is 0 Å². The number of hydrogen-bond donors (Lipinski definition) is 0. The molecule has 0 aliphatic carbocycles. The predicted octanol–water partition coefficient (Wildman–Crippen LogP) is 4.76. The topological polar surface area (TPSA) is 26.3 Å². The van der Waals surface area contributed by atoms with Crippen molar-refractivity contribution in [2.75, 3.05) is 0 Å². The van der Waals surface area contributed by atoms with E-state index in [1.165, 1.54) is 6.08 Å². The van der Waals surface area contributed by atoms with Gasteiger partial charge in [-0.1, -0.05) is 76.6 Å². The number of carbonyl (C=O) groups excluding carboxylic acids is 1. The molecule has 0 aliphatic heterocycles. The molecule has 106 valence electrons. The molecule has 0 N–H and O–H groups in total. The van der Waals surface area contributed by atoms with Gasteiger partial charge >= 0.3 is 5.97 Å². The second kappa shape index (κ2) is 8.22. The van der Waals surface area contributed by atoms with Crippen LogP contribution in [0.15, 0.2) is 77.3 Å². The van der Waals surface area contributed by atoms with Gasteiger partial charge in [-0.25, -0.2) is 4.79 Å². The Morgan fingerprint density at radius 1 is 1.00 bits per heavy atom. The first-order valence-corrected chi connectivity index (χ1v) is 7.34. The van der Waals surface area contributed by atoms with Gasteiger partial charge < -0.3 is 4.74 Å². The highest BCUT2D eigenvalue weighted by molar-refractivity contribution is 9.10. The van der Waals surface area contributed by atoms with Crippen molar-refractivity contribution in [3.8, 4) is 0 Å². The second-order valence-electron chi connectivity index (χ2n) is 4.36. The summed E-state index contributed by atoms with van der Waals surface area (Å²) in [6.07, 6.45) is 6.84. The van der Waals surface area contributed by atoms with E-state index in [-0.39, 0.29) is 12.6 Å². The minimum Gasteiger partial charge on any atom is -0.458 e. The number of esters is 1. The summed E-state index contributed by atoms with van der Waals surface area (Å²) in [5, 5.41) is 0. The summed E-state index contributed by atoms with van der Waals surface area (Å²) in [7, 11) is 0. The van der Waals surface area contributed by atoms with Gasteiger partial charge in [-0.2, -0.15) is 0 Å². The lowest BCUT2D eigenvalue weighted by Gasteiger charge is -2.01. The van der Waals surface area contributed by atoms with E-state index in [9.17, 15) is 4.79 Å². The number of halogens is 1. The molecule has 0 saturated carbocycles. The zero-order chi connectivity index (χ0) is 14.9. The van der Waals surface area contributed by atoms with E-state index >= 15 is 0 Å². The molecular formula is C18H15BrO2. The lowest BCUT2D eigenvalue weighted by Crippen LogP contribution is -2.00. The molecule has 0 spiro atoms. The molecule has 21 heavy (non-hydrogen) atoms. The SMILES string of the molecule is O=C(/C=C/C=C/c1ccccc1)OCc1ccc(Br)cc1. The maximum atomic E-state index is 11.5. The van der Waals surface area contributed by atoms with Crippen molar-refractivity contribution in [3.63, 3.8) is 0 Å². The minimum atomic E-state index is -0.351. The summed E-state index contributed by atoms with van der Waals surface area (Å²) >= 11 is 3.36. The maximum absolute atomic E-state index is 11.5. The molecular weight excluding hydrogens is 328 g/mol. The Labute approximate surface area is 132 Å². The van der Waals surface area contributed by atoms with Gasteiger partial charge in [0.1, 0.15) is 6.61 Å². The maximum Gasteiger partial charge on any atom is 0.331 e. The summed E-state index contributed by atoms with van der Waals surface area (Å²) in [6.45, 7) is 0.277. The third-order valence-electron chi connectivity index (χ3n) is 2.73. The van der Waals surface area contributed by atoms with Crippen molar-refractivity contribution in [1.82, 2.24) is 0 Å². The summed E-state index contributed by atoms with van der Waals surface area (Å²) in [4.78, 5) is 11.5. The first-order chi connectivity index (χ1) is 10.2. The van der Waals surface area contributed by atoms with E-state index in [2.05, 4.69) is 15.9 Å². The summed E-state index contributed by atoms with van der Waals surface area (Å²) in [5.41, 5.74) is 2.05. The summed E-state index contributed by atoms with van der Waals surface area (Å²) < 4.78 is 6.15. The van der Waals surface area contributed by atoms with Crippen molar-refractivity contribution in [2.24, 2.45) is 0 Å². The minimum absolute atomic E-state index is 0.277. The van der Waals surface area contributed by atoms with Crippen LogP contribution in [0.25, 0.3) is 6.08 Å². The van der Waals surface area contributed by atoms with E-state index in [1.807, 2.05) is 66.7 Å². The van der Waals surface area contributed by atoms with Crippen LogP contribution < -0.4 is 0 Å². The molecule has 2 aromatic rings. The first-order valence-electron chi connectivity index (χ1n) is 6.55. The third kappa shape index (κ3) is 5.79. The fourth-order valence-electron chi connectivity index (χ4n) is 1.65. The molecule has 0 fully saturated rings. The second-order valence-corrected chi connectivity index (χ2v) is 5.28. The van der Waals surface area contributed by atoms with Gasteiger partial charge in [0.05, 0.1) is 0 Å². The van der Waals surface area contributed by atoms with E-state index in [4.69, 9.17) is 4.74 Å². The Morgan fingerprint density at radius 3 is 2.43 bits per heavy atom. The first kappa shape index (κ1) is 15.3. The van der Waals surface area contributed by atoms with E-state index < -0.39 is 0 Å². The van der Waals surface area contributed by atoms with Gasteiger partial charge in [-0.15, -0.1) is 0 Å².